The van der Waals surface area contributed by atoms with Crippen LogP contribution in [0.3, 0.4) is 0 Å². The van der Waals surface area contributed by atoms with Gasteiger partial charge in [-0.05, 0) is 48.1 Å². The van der Waals surface area contributed by atoms with E-state index in [4.69, 9.17) is 13.9 Å². The lowest BCUT2D eigenvalue weighted by atomic mass is 9.86. The van der Waals surface area contributed by atoms with Crippen molar-refractivity contribution in [3.05, 3.63) is 131 Å². The lowest BCUT2D eigenvalue weighted by molar-refractivity contribution is -0.114. The van der Waals surface area contributed by atoms with E-state index in [-0.39, 0.29) is 22.9 Å². The first-order valence-corrected chi connectivity index (χ1v) is 11.8. The number of ketones is 2. The minimum absolute atomic E-state index is 0.0864. The van der Waals surface area contributed by atoms with Gasteiger partial charge in [0.05, 0.1) is 19.6 Å². The number of rotatable bonds is 6. The number of methoxy groups -OCH3 is 2. The zero-order valence-corrected chi connectivity index (χ0v) is 21.0. The maximum atomic E-state index is 12.2. The van der Waals surface area contributed by atoms with E-state index in [1.165, 1.54) is 24.3 Å². The highest BCUT2D eigenvalue weighted by atomic mass is 16.5. The SMILES string of the molecule is C=CC(C1=CC(=O)C=CC1=O)c1ccccc1.COc1cccc(-c2cc(=O)c3ccc(OC)cc3o2)c1. The molecule has 6 heteroatoms. The van der Waals surface area contributed by atoms with Crippen LogP contribution in [0.5, 0.6) is 11.5 Å². The van der Waals surface area contributed by atoms with Crippen LogP contribution in [0.25, 0.3) is 22.3 Å². The Morgan fingerprint density at radius 3 is 2.26 bits per heavy atom. The monoisotopic (exact) mass is 506 g/mol. The lowest BCUT2D eigenvalue weighted by Crippen LogP contribution is -2.13. The number of hydrogen-bond acceptors (Lipinski definition) is 6. The summed E-state index contributed by atoms with van der Waals surface area (Å²) >= 11 is 0. The molecule has 0 amide bonds. The Morgan fingerprint density at radius 1 is 0.816 bits per heavy atom. The molecule has 0 saturated carbocycles. The Balaban J connectivity index is 0.000000181. The van der Waals surface area contributed by atoms with Crippen LogP contribution in [0.1, 0.15) is 11.5 Å². The molecule has 4 aromatic rings. The van der Waals surface area contributed by atoms with Crippen LogP contribution in [0.2, 0.25) is 0 Å². The third kappa shape index (κ3) is 5.87. The molecule has 0 spiro atoms. The Bertz CT molecular complexity index is 1610. The molecule has 190 valence electrons. The molecule has 1 aliphatic carbocycles. The van der Waals surface area contributed by atoms with Crippen LogP contribution < -0.4 is 14.9 Å². The zero-order valence-electron chi connectivity index (χ0n) is 21.0. The molecule has 0 N–H and O–H groups in total. The topological polar surface area (TPSA) is 82.8 Å². The molecule has 0 radical (unpaired) electrons. The quantitative estimate of drug-likeness (QED) is 0.233. The van der Waals surface area contributed by atoms with E-state index in [2.05, 4.69) is 6.58 Å². The summed E-state index contributed by atoms with van der Waals surface area (Å²) in [5.74, 6) is 1.35. The van der Waals surface area contributed by atoms with Gasteiger partial charge in [0.25, 0.3) is 0 Å². The van der Waals surface area contributed by atoms with Gasteiger partial charge in [0.1, 0.15) is 22.8 Å². The van der Waals surface area contributed by atoms with Crippen molar-refractivity contribution in [1.82, 2.24) is 0 Å². The summed E-state index contributed by atoms with van der Waals surface area (Å²) in [7, 11) is 3.17. The van der Waals surface area contributed by atoms with Crippen molar-refractivity contribution in [1.29, 1.82) is 0 Å². The zero-order chi connectivity index (χ0) is 27.1. The number of fused-ring (bicyclic) bond motifs is 1. The molecule has 1 atom stereocenters. The van der Waals surface area contributed by atoms with E-state index in [1.807, 2.05) is 54.6 Å². The Kier molecular flexibility index (Phi) is 8.14. The highest BCUT2D eigenvalue weighted by molar-refractivity contribution is 6.18. The fourth-order valence-corrected chi connectivity index (χ4v) is 4.05. The second-order valence-corrected chi connectivity index (χ2v) is 8.39. The van der Waals surface area contributed by atoms with Gasteiger partial charge in [0, 0.05) is 29.2 Å². The number of carbonyl (C=O) groups is 2. The van der Waals surface area contributed by atoms with Gasteiger partial charge in [0.15, 0.2) is 17.0 Å². The van der Waals surface area contributed by atoms with Crippen molar-refractivity contribution in [2.75, 3.05) is 14.2 Å². The molecular weight excluding hydrogens is 480 g/mol. The van der Waals surface area contributed by atoms with Crippen LogP contribution in [-0.2, 0) is 9.59 Å². The number of ether oxygens (including phenoxy) is 2. The van der Waals surface area contributed by atoms with Crippen molar-refractivity contribution < 1.29 is 23.5 Å². The molecule has 38 heavy (non-hydrogen) atoms. The highest BCUT2D eigenvalue weighted by Gasteiger charge is 2.21. The van der Waals surface area contributed by atoms with Gasteiger partial charge in [-0.15, -0.1) is 6.58 Å². The highest BCUT2D eigenvalue weighted by Crippen LogP contribution is 2.28. The standard InChI is InChI=1S/C17H14O4.C15H12O2/c1-19-12-5-3-4-11(8-12)16-10-15(18)14-7-6-13(20-2)9-17(14)21-16;1-2-13(11-6-4-3-5-7-11)14-10-12(16)8-9-15(14)17/h3-10H,1-2H3;2-10,13H,1H2. The third-order valence-electron chi connectivity index (χ3n) is 6.00. The molecule has 5 rings (SSSR count). The van der Waals surface area contributed by atoms with Crippen LogP contribution in [0.4, 0.5) is 0 Å². The average molecular weight is 507 g/mol. The maximum Gasteiger partial charge on any atom is 0.193 e. The summed E-state index contributed by atoms with van der Waals surface area (Å²) in [6, 6.07) is 23.6. The second-order valence-electron chi connectivity index (χ2n) is 8.39. The smallest absolute Gasteiger partial charge is 0.193 e. The second kappa shape index (κ2) is 11.8. The van der Waals surface area contributed by atoms with Gasteiger partial charge in [0.2, 0.25) is 0 Å². The predicted molar refractivity (Wildman–Crippen MR) is 148 cm³/mol. The van der Waals surface area contributed by atoms with Crippen LogP contribution >= 0.6 is 0 Å². The van der Waals surface area contributed by atoms with Crippen LogP contribution in [-0.4, -0.2) is 25.8 Å². The van der Waals surface area contributed by atoms with Crippen molar-refractivity contribution in [2.45, 2.75) is 5.92 Å². The van der Waals surface area contributed by atoms with E-state index < -0.39 is 0 Å². The molecule has 6 nitrogen and oxygen atoms in total. The first-order valence-electron chi connectivity index (χ1n) is 11.8. The molecule has 0 aliphatic heterocycles. The maximum absolute atomic E-state index is 12.2. The van der Waals surface area contributed by atoms with E-state index >= 15 is 0 Å². The molecule has 0 saturated heterocycles. The molecule has 1 aromatic heterocycles. The number of hydrogen-bond donors (Lipinski definition) is 0. The van der Waals surface area contributed by atoms with Gasteiger partial charge in [-0.1, -0.05) is 48.5 Å². The van der Waals surface area contributed by atoms with Gasteiger partial charge in [-0.3, -0.25) is 14.4 Å². The van der Waals surface area contributed by atoms with Gasteiger partial charge in [-0.25, -0.2) is 0 Å². The first-order chi connectivity index (χ1) is 18.4. The normalized spacial score (nSPS) is 13.3. The lowest BCUT2D eigenvalue weighted by Gasteiger charge is -2.16. The third-order valence-corrected chi connectivity index (χ3v) is 6.00. The number of allylic oxidation sites excluding steroid dienone is 5. The first kappa shape index (κ1) is 26.1. The molecule has 0 bridgehead atoms. The fourth-order valence-electron chi connectivity index (χ4n) is 4.05. The molecule has 3 aromatic carbocycles. The van der Waals surface area contributed by atoms with E-state index in [0.717, 1.165) is 11.1 Å². The van der Waals surface area contributed by atoms with Crippen LogP contribution in [0, 0.1) is 0 Å². The Morgan fingerprint density at radius 2 is 1.55 bits per heavy atom. The minimum Gasteiger partial charge on any atom is -0.497 e. The summed E-state index contributed by atoms with van der Waals surface area (Å²) in [6.07, 6.45) is 5.68. The Labute approximate surface area is 220 Å². The summed E-state index contributed by atoms with van der Waals surface area (Å²) in [4.78, 5) is 35.3. The Hall–Kier alpha value is -4.97. The van der Waals surface area contributed by atoms with Crippen LogP contribution in [0.15, 0.2) is 125 Å². The molecule has 1 heterocycles. The molecule has 1 unspecified atom stereocenters. The van der Waals surface area contributed by atoms with E-state index in [0.29, 0.717) is 33.8 Å². The van der Waals surface area contributed by atoms with Crippen molar-refractivity contribution >= 4 is 22.5 Å². The minimum atomic E-state index is -0.224. The predicted octanol–water partition coefficient (Wildman–Crippen LogP) is 6.07. The average Bonchev–Trinajstić information content (AvgIpc) is 2.96. The number of benzene rings is 3. The van der Waals surface area contributed by atoms with E-state index in [1.54, 1.807) is 38.5 Å². The van der Waals surface area contributed by atoms with Crippen molar-refractivity contribution in [3.8, 4) is 22.8 Å². The summed E-state index contributed by atoms with van der Waals surface area (Å²) < 4.78 is 16.2. The van der Waals surface area contributed by atoms with Gasteiger partial charge in [-0.2, -0.15) is 0 Å². The van der Waals surface area contributed by atoms with E-state index in [9.17, 15) is 14.4 Å². The van der Waals surface area contributed by atoms with Crippen molar-refractivity contribution in [2.24, 2.45) is 0 Å². The summed E-state index contributed by atoms with van der Waals surface area (Å²) in [5, 5.41) is 0.530. The fraction of sp³-hybridized carbons (Fsp3) is 0.0938. The summed E-state index contributed by atoms with van der Waals surface area (Å²) in [5.41, 5.74) is 2.65. The molecule has 1 aliphatic rings. The van der Waals surface area contributed by atoms with Gasteiger partial charge < -0.3 is 13.9 Å². The largest absolute Gasteiger partial charge is 0.497 e. The van der Waals surface area contributed by atoms with Crippen molar-refractivity contribution in [3.63, 3.8) is 0 Å². The van der Waals surface area contributed by atoms with Gasteiger partial charge >= 0.3 is 0 Å². The number of carbonyl (C=O) groups excluding carboxylic acids is 2. The summed E-state index contributed by atoms with van der Waals surface area (Å²) in [6.45, 7) is 3.74. The molecule has 0 fully saturated rings. The molecular formula is C32H26O6.